The summed E-state index contributed by atoms with van der Waals surface area (Å²) in [6.07, 6.45) is 0.647. The summed E-state index contributed by atoms with van der Waals surface area (Å²) in [5, 5.41) is 9.94. The lowest BCUT2D eigenvalue weighted by Gasteiger charge is -2.27. The quantitative estimate of drug-likeness (QED) is 0.857. The zero-order chi connectivity index (χ0) is 14.5. The number of aliphatic hydroxyl groups excluding tert-OH is 1. The number of aliphatic hydroxyl groups is 1. The van der Waals surface area contributed by atoms with Gasteiger partial charge in [0.05, 0.1) is 12.7 Å². The van der Waals surface area contributed by atoms with Crippen LogP contribution in [0.4, 0.5) is 0 Å². The number of hydrogen-bond acceptors (Lipinski definition) is 4. The third-order valence-corrected chi connectivity index (χ3v) is 3.73. The van der Waals surface area contributed by atoms with Crippen molar-refractivity contribution in [2.45, 2.75) is 32.0 Å². The van der Waals surface area contributed by atoms with Gasteiger partial charge in [-0.1, -0.05) is 18.2 Å². The average Bonchev–Trinajstić information content (AvgIpc) is 2.71. The van der Waals surface area contributed by atoms with Crippen LogP contribution in [0.25, 0.3) is 0 Å². The highest BCUT2D eigenvalue weighted by Crippen LogP contribution is 2.25. The molecule has 0 saturated carbocycles. The predicted molar refractivity (Wildman–Crippen MR) is 81.0 cm³/mol. The van der Waals surface area contributed by atoms with Crippen LogP contribution in [0, 0.1) is 0 Å². The lowest BCUT2D eigenvalue weighted by molar-refractivity contribution is 0.168. The number of nitrogens with zero attached hydrogens (tertiary/aromatic N) is 2. The monoisotopic (exact) mass is 278 g/mol. The van der Waals surface area contributed by atoms with Crippen LogP contribution in [0.2, 0.25) is 0 Å². The Kier molecular flexibility index (Phi) is 5.40. The molecule has 1 fully saturated rings. The van der Waals surface area contributed by atoms with Gasteiger partial charge in [-0.25, -0.2) is 0 Å². The summed E-state index contributed by atoms with van der Waals surface area (Å²) in [6, 6.07) is 8.60. The molecular formula is C16H26N2O2. The second-order valence-electron chi connectivity index (χ2n) is 5.78. The number of likely N-dealkylation sites (N-methyl/N-ethyl adjacent to an activating group) is 1. The van der Waals surface area contributed by atoms with E-state index < -0.39 is 0 Å². The van der Waals surface area contributed by atoms with Gasteiger partial charge in [0, 0.05) is 31.2 Å². The smallest absolute Gasteiger partial charge is 0.123 e. The molecule has 0 aliphatic carbocycles. The number of rotatable bonds is 6. The summed E-state index contributed by atoms with van der Waals surface area (Å²) in [5.74, 6) is 0.958. The van der Waals surface area contributed by atoms with Crippen LogP contribution in [0.3, 0.4) is 0 Å². The first-order chi connectivity index (χ1) is 9.60. The van der Waals surface area contributed by atoms with Crippen LogP contribution < -0.4 is 4.74 Å². The molecule has 1 saturated heterocycles. The lowest BCUT2D eigenvalue weighted by atomic mass is 10.1. The molecule has 1 heterocycles. The molecule has 1 aliphatic heterocycles. The summed E-state index contributed by atoms with van der Waals surface area (Å²) in [6.45, 7) is 5.25. The largest absolute Gasteiger partial charge is 0.494 e. The van der Waals surface area contributed by atoms with Gasteiger partial charge < -0.3 is 14.7 Å². The van der Waals surface area contributed by atoms with E-state index in [4.69, 9.17) is 4.74 Å². The van der Waals surface area contributed by atoms with Crippen molar-refractivity contribution in [1.29, 1.82) is 0 Å². The molecule has 112 valence electrons. The fourth-order valence-corrected chi connectivity index (χ4v) is 2.91. The highest BCUT2D eigenvalue weighted by molar-refractivity contribution is 5.33. The molecule has 0 aromatic heterocycles. The molecule has 1 aromatic carbocycles. The average molecular weight is 278 g/mol. The normalized spacial score (nSPS) is 23.4. The number of hydrogen-bond donors (Lipinski definition) is 1. The van der Waals surface area contributed by atoms with Crippen molar-refractivity contribution in [2.75, 3.05) is 33.8 Å². The molecule has 0 bridgehead atoms. The second-order valence-corrected chi connectivity index (χ2v) is 5.78. The molecule has 0 amide bonds. The molecule has 1 N–H and O–H groups in total. The maximum absolute atomic E-state index is 9.94. The molecule has 4 nitrogen and oxygen atoms in total. The van der Waals surface area contributed by atoms with Gasteiger partial charge >= 0.3 is 0 Å². The van der Waals surface area contributed by atoms with Crippen molar-refractivity contribution < 1.29 is 9.84 Å². The second kappa shape index (κ2) is 7.07. The first-order valence-corrected chi connectivity index (χ1v) is 7.37. The number of likely N-dealkylation sites (tertiary alicyclic amines) is 1. The number of benzene rings is 1. The van der Waals surface area contributed by atoms with E-state index in [0.717, 1.165) is 31.8 Å². The van der Waals surface area contributed by atoms with Crippen molar-refractivity contribution in [2.24, 2.45) is 0 Å². The highest BCUT2D eigenvalue weighted by atomic mass is 16.5. The Morgan fingerprint density at radius 1 is 1.35 bits per heavy atom. The molecule has 0 radical (unpaired) electrons. The van der Waals surface area contributed by atoms with Crippen molar-refractivity contribution >= 4 is 0 Å². The van der Waals surface area contributed by atoms with E-state index in [1.165, 1.54) is 5.56 Å². The third-order valence-electron chi connectivity index (χ3n) is 3.73. The molecule has 20 heavy (non-hydrogen) atoms. The topological polar surface area (TPSA) is 35.9 Å². The zero-order valence-electron chi connectivity index (χ0n) is 12.7. The Morgan fingerprint density at radius 3 is 2.80 bits per heavy atom. The van der Waals surface area contributed by atoms with E-state index in [2.05, 4.69) is 30.0 Å². The van der Waals surface area contributed by atoms with E-state index in [1.807, 2.05) is 25.1 Å². The van der Waals surface area contributed by atoms with Crippen LogP contribution in [0.5, 0.6) is 5.75 Å². The first-order valence-electron chi connectivity index (χ1n) is 7.37. The molecular weight excluding hydrogens is 252 g/mol. The van der Waals surface area contributed by atoms with Crippen LogP contribution in [0.1, 0.15) is 18.9 Å². The summed E-state index contributed by atoms with van der Waals surface area (Å²) < 4.78 is 5.69. The number of para-hydroxylation sites is 1. The lowest BCUT2D eigenvalue weighted by Crippen LogP contribution is -2.37. The van der Waals surface area contributed by atoms with Gasteiger partial charge in [-0.15, -0.1) is 0 Å². The van der Waals surface area contributed by atoms with Crippen LogP contribution in [-0.4, -0.2) is 60.8 Å². The number of β-amino-alcohol motifs (C(OH)–C–C–N with tert-alkyl or cyclic N) is 1. The summed E-state index contributed by atoms with van der Waals surface area (Å²) in [7, 11) is 4.16. The Balaban J connectivity index is 2.07. The van der Waals surface area contributed by atoms with Crippen LogP contribution >= 0.6 is 0 Å². The fourth-order valence-electron chi connectivity index (χ4n) is 2.91. The fraction of sp³-hybridized carbons (Fsp3) is 0.625. The Labute approximate surface area is 122 Å². The van der Waals surface area contributed by atoms with Crippen molar-refractivity contribution in [3.05, 3.63) is 29.8 Å². The van der Waals surface area contributed by atoms with E-state index >= 15 is 0 Å². The van der Waals surface area contributed by atoms with E-state index in [9.17, 15) is 5.11 Å². The third kappa shape index (κ3) is 3.95. The van der Waals surface area contributed by atoms with Crippen LogP contribution in [0.15, 0.2) is 24.3 Å². The Hall–Kier alpha value is -1.10. The van der Waals surface area contributed by atoms with E-state index in [-0.39, 0.29) is 6.10 Å². The minimum atomic E-state index is -0.209. The van der Waals surface area contributed by atoms with Gasteiger partial charge in [-0.3, -0.25) is 4.90 Å². The molecule has 1 aromatic rings. The number of ether oxygens (including phenoxy) is 1. The van der Waals surface area contributed by atoms with Gasteiger partial charge in [-0.2, -0.15) is 0 Å². The van der Waals surface area contributed by atoms with E-state index in [0.29, 0.717) is 12.6 Å². The summed E-state index contributed by atoms with van der Waals surface area (Å²) in [4.78, 5) is 4.55. The molecule has 4 heteroatoms. The van der Waals surface area contributed by atoms with Crippen molar-refractivity contribution in [1.82, 2.24) is 9.80 Å². The Bertz CT molecular complexity index is 423. The van der Waals surface area contributed by atoms with Crippen molar-refractivity contribution in [3.63, 3.8) is 0 Å². The SMILES string of the molecule is CCOc1ccccc1CN1CC(O)CC1CN(C)C. The minimum Gasteiger partial charge on any atom is -0.494 e. The molecule has 1 aliphatic rings. The highest BCUT2D eigenvalue weighted by Gasteiger charge is 2.31. The van der Waals surface area contributed by atoms with Crippen molar-refractivity contribution in [3.8, 4) is 5.75 Å². The molecule has 0 spiro atoms. The van der Waals surface area contributed by atoms with Gasteiger partial charge in [-0.05, 0) is 33.5 Å². The Morgan fingerprint density at radius 2 is 2.10 bits per heavy atom. The van der Waals surface area contributed by atoms with Gasteiger partial charge in [0.25, 0.3) is 0 Å². The minimum absolute atomic E-state index is 0.209. The van der Waals surface area contributed by atoms with Gasteiger partial charge in [0.15, 0.2) is 0 Å². The van der Waals surface area contributed by atoms with E-state index in [1.54, 1.807) is 0 Å². The summed E-state index contributed by atoms with van der Waals surface area (Å²) >= 11 is 0. The van der Waals surface area contributed by atoms with Gasteiger partial charge in [0.1, 0.15) is 5.75 Å². The maximum atomic E-state index is 9.94. The molecule has 2 unspecified atom stereocenters. The van der Waals surface area contributed by atoms with Gasteiger partial charge in [0.2, 0.25) is 0 Å². The predicted octanol–water partition coefficient (Wildman–Crippen LogP) is 1.58. The molecule has 2 atom stereocenters. The first kappa shape index (κ1) is 15.3. The maximum Gasteiger partial charge on any atom is 0.123 e. The summed E-state index contributed by atoms with van der Waals surface area (Å²) in [5.41, 5.74) is 1.20. The van der Waals surface area contributed by atoms with Crippen LogP contribution in [-0.2, 0) is 6.54 Å². The standard InChI is InChI=1S/C16H26N2O2/c1-4-20-16-8-6-5-7-13(16)10-18-12-15(19)9-14(18)11-17(2)3/h5-8,14-15,19H,4,9-12H2,1-3H3. The molecule has 2 rings (SSSR count). The zero-order valence-corrected chi connectivity index (χ0v) is 12.7.